The molecule has 0 saturated heterocycles. The van der Waals surface area contributed by atoms with E-state index in [9.17, 15) is 4.89 Å². The Balaban J connectivity index is 3.22. The minimum Gasteiger partial charge on any atom is -0.430 e. The lowest BCUT2D eigenvalue weighted by atomic mass is 9.87. The van der Waals surface area contributed by atoms with Crippen molar-refractivity contribution in [1.29, 1.82) is 0 Å². The Morgan fingerprint density at radius 1 is 1.28 bits per heavy atom. The molecular formula is C11H16Cl2NO2PS. The molecule has 102 valence electrons. The lowest BCUT2D eigenvalue weighted by Gasteiger charge is -2.22. The van der Waals surface area contributed by atoms with Crippen LogP contribution in [0.4, 0.5) is 0 Å². The Hall–Kier alpha value is 0.170. The lowest BCUT2D eigenvalue weighted by Crippen LogP contribution is -2.12. The van der Waals surface area contributed by atoms with E-state index in [-0.39, 0.29) is 11.2 Å². The van der Waals surface area contributed by atoms with E-state index in [2.05, 4.69) is 25.9 Å². The van der Waals surface area contributed by atoms with Crippen LogP contribution in [0, 0.1) is 0 Å². The van der Waals surface area contributed by atoms with Gasteiger partial charge in [-0.2, -0.15) is 0 Å². The van der Waals surface area contributed by atoms with E-state index in [4.69, 9.17) is 39.5 Å². The van der Waals surface area contributed by atoms with Crippen molar-refractivity contribution < 1.29 is 9.42 Å². The minimum absolute atomic E-state index is 0.0752. The maximum atomic E-state index is 9.73. The fourth-order valence-corrected chi connectivity index (χ4v) is 2.68. The molecule has 1 aromatic rings. The fourth-order valence-electron chi connectivity index (χ4n) is 1.25. The van der Waals surface area contributed by atoms with Crippen molar-refractivity contribution in [3.8, 4) is 5.75 Å². The van der Waals surface area contributed by atoms with Crippen molar-refractivity contribution in [3.05, 3.63) is 27.7 Å². The van der Waals surface area contributed by atoms with Gasteiger partial charge < -0.3 is 9.42 Å². The summed E-state index contributed by atoms with van der Waals surface area (Å²) in [5, 5.41) is 3.21. The molecule has 7 heteroatoms. The molecule has 3 nitrogen and oxygen atoms in total. The zero-order valence-corrected chi connectivity index (χ0v) is 13.8. The summed E-state index contributed by atoms with van der Waals surface area (Å²) in [6.45, 7) is 3.07. The van der Waals surface area contributed by atoms with Gasteiger partial charge in [0, 0.05) is 0 Å². The van der Waals surface area contributed by atoms with Crippen molar-refractivity contribution in [2.45, 2.75) is 26.2 Å². The Kier molecular flexibility index (Phi) is 5.10. The van der Waals surface area contributed by atoms with E-state index in [0.29, 0.717) is 10.0 Å². The van der Waals surface area contributed by atoms with E-state index in [1.165, 1.54) is 7.05 Å². The molecule has 0 aliphatic carbocycles. The van der Waals surface area contributed by atoms with Gasteiger partial charge >= 0.3 is 6.64 Å². The molecule has 0 bridgehead atoms. The van der Waals surface area contributed by atoms with Crippen molar-refractivity contribution in [1.82, 2.24) is 5.09 Å². The molecule has 0 radical (unpaired) electrons. The van der Waals surface area contributed by atoms with Gasteiger partial charge in [-0.25, -0.2) is 5.09 Å². The summed E-state index contributed by atoms with van der Waals surface area (Å²) in [4.78, 5) is 9.73. The minimum atomic E-state index is -3.09. The maximum Gasteiger partial charge on any atom is 0.309 e. The molecule has 0 aliphatic rings. The van der Waals surface area contributed by atoms with Crippen LogP contribution in [0.1, 0.15) is 26.3 Å². The van der Waals surface area contributed by atoms with Gasteiger partial charge in [-0.1, -0.05) is 44.0 Å². The van der Waals surface area contributed by atoms with Gasteiger partial charge in [-0.3, -0.25) is 0 Å². The van der Waals surface area contributed by atoms with Crippen LogP contribution < -0.4 is 9.61 Å². The van der Waals surface area contributed by atoms with Gasteiger partial charge in [0.2, 0.25) is 0 Å². The van der Waals surface area contributed by atoms with Crippen molar-refractivity contribution in [3.63, 3.8) is 0 Å². The van der Waals surface area contributed by atoms with Crippen LogP contribution in [0.25, 0.3) is 0 Å². The zero-order valence-electron chi connectivity index (χ0n) is 10.6. The third kappa shape index (κ3) is 4.09. The van der Waals surface area contributed by atoms with Crippen LogP contribution in [0.15, 0.2) is 12.1 Å². The molecule has 0 heterocycles. The average Bonchev–Trinajstić information content (AvgIpc) is 2.22. The average molecular weight is 328 g/mol. The largest absolute Gasteiger partial charge is 0.430 e. The first-order valence-electron chi connectivity index (χ1n) is 5.28. The summed E-state index contributed by atoms with van der Waals surface area (Å²) in [5.41, 5.74) is 0.911. The molecule has 0 saturated carbocycles. The topological polar surface area (TPSA) is 41.5 Å². The number of nitrogens with one attached hydrogen (secondary N) is 1. The van der Waals surface area contributed by atoms with Gasteiger partial charge in [0.25, 0.3) is 0 Å². The van der Waals surface area contributed by atoms with Gasteiger partial charge in [0.05, 0.1) is 10.0 Å². The van der Waals surface area contributed by atoms with Crippen molar-refractivity contribution in [2.75, 3.05) is 7.05 Å². The molecule has 2 N–H and O–H groups in total. The highest BCUT2D eigenvalue weighted by molar-refractivity contribution is 8.08. The normalized spacial score (nSPS) is 15.3. The molecule has 0 spiro atoms. The second kappa shape index (κ2) is 5.66. The summed E-state index contributed by atoms with van der Waals surface area (Å²) in [5.74, 6) is 0.214. The third-order valence-electron chi connectivity index (χ3n) is 2.36. The van der Waals surface area contributed by atoms with Crippen LogP contribution >= 0.6 is 29.8 Å². The standard InChI is InChI=1S/C11H16Cl2NO2PS/c1-11(2,3)7-5-8(12)10(9(13)6-7)16-17(15,18)14-4/h5-6H,1-4H3,(H2,14,15,18). The number of rotatable bonds is 3. The van der Waals surface area contributed by atoms with E-state index >= 15 is 0 Å². The smallest absolute Gasteiger partial charge is 0.309 e. The fraction of sp³-hybridized carbons (Fsp3) is 0.455. The van der Waals surface area contributed by atoms with Crippen LogP contribution in [-0.2, 0) is 17.2 Å². The summed E-state index contributed by atoms with van der Waals surface area (Å²) >= 11 is 17.1. The Bertz CT molecular complexity index is 479. The van der Waals surface area contributed by atoms with Crippen LogP contribution in [0.5, 0.6) is 5.75 Å². The zero-order chi connectivity index (χ0) is 14.1. The SMILES string of the molecule is CNP(O)(=S)Oc1c(Cl)cc(C(C)(C)C)cc1Cl. The predicted octanol–water partition coefficient (Wildman–Crippen LogP) is 4.11. The number of halogens is 2. The van der Waals surface area contributed by atoms with Gasteiger partial charge in [-0.05, 0) is 42.0 Å². The predicted molar refractivity (Wildman–Crippen MR) is 81.4 cm³/mol. The van der Waals surface area contributed by atoms with E-state index in [1.54, 1.807) is 12.1 Å². The molecule has 0 amide bonds. The molecule has 1 aromatic carbocycles. The molecule has 0 aromatic heterocycles. The molecular weight excluding hydrogens is 312 g/mol. The number of benzene rings is 1. The monoisotopic (exact) mass is 327 g/mol. The Labute approximate surface area is 123 Å². The summed E-state index contributed by atoms with van der Waals surface area (Å²) in [7, 11) is 1.52. The first-order valence-corrected chi connectivity index (χ1v) is 8.70. The maximum absolute atomic E-state index is 9.73. The summed E-state index contributed by atoms with van der Waals surface area (Å²) in [6, 6.07) is 3.54. The molecule has 0 aliphatic heterocycles. The molecule has 1 unspecified atom stereocenters. The van der Waals surface area contributed by atoms with Crippen LogP contribution in [-0.4, -0.2) is 11.9 Å². The molecule has 1 rings (SSSR count). The quantitative estimate of drug-likeness (QED) is 0.820. The summed E-state index contributed by atoms with van der Waals surface area (Å²) in [6.07, 6.45) is 0. The highest BCUT2D eigenvalue weighted by atomic mass is 35.5. The van der Waals surface area contributed by atoms with Crippen molar-refractivity contribution >= 4 is 41.7 Å². The van der Waals surface area contributed by atoms with Crippen molar-refractivity contribution in [2.24, 2.45) is 0 Å². The second-order valence-corrected chi connectivity index (χ2v) is 8.82. The summed E-state index contributed by atoms with van der Waals surface area (Å²) < 4.78 is 5.29. The first-order chi connectivity index (χ1) is 8.07. The molecule has 1 atom stereocenters. The Morgan fingerprint density at radius 2 is 1.72 bits per heavy atom. The van der Waals surface area contributed by atoms with E-state index in [1.807, 2.05) is 0 Å². The van der Waals surface area contributed by atoms with E-state index in [0.717, 1.165) is 5.56 Å². The molecule has 0 fully saturated rings. The number of hydrogen-bond donors (Lipinski definition) is 2. The van der Waals surface area contributed by atoms with Gasteiger partial charge in [0.1, 0.15) is 0 Å². The van der Waals surface area contributed by atoms with Gasteiger partial charge in [0.15, 0.2) is 5.75 Å². The lowest BCUT2D eigenvalue weighted by molar-refractivity contribution is 0.471. The Morgan fingerprint density at radius 3 is 2.06 bits per heavy atom. The highest BCUT2D eigenvalue weighted by Gasteiger charge is 2.21. The number of hydrogen-bond acceptors (Lipinski definition) is 2. The highest BCUT2D eigenvalue weighted by Crippen LogP contribution is 2.46. The van der Waals surface area contributed by atoms with Crippen LogP contribution in [0.3, 0.4) is 0 Å². The first kappa shape index (κ1) is 16.2. The van der Waals surface area contributed by atoms with E-state index < -0.39 is 6.64 Å². The van der Waals surface area contributed by atoms with Gasteiger partial charge in [-0.15, -0.1) is 0 Å². The third-order valence-corrected chi connectivity index (χ3v) is 4.69. The molecule has 18 heavy (non-hydrogen) atoms. The van der Waals surface area contributed by atoms with Crippen LogP contribution in [0.2, 0.25) is 10.0 Å². The second-order valence-electron chi connectivity index (χ2n) is 4.85.